The van der Waals surface area contributed by atoms with E-state index >= 15 is 0 Å². The summed E-state index contributed by atoms with van der Waals surface area (Å²) in [6, 6.07) is 7.77. The maximum Gasteiger partial charge on any atom is 0.280 e. The Balaban J connectivity index is 1.61. The predicted molar refractivity (Wildman–Crippen MR) is 114 cm³/mol. The number of carbonyl (C=O) groups excluding carboxylic acids is 1. The number of anilines is 1. The summed E-state index contributed by atoms with van der Waals surface area (Å²) in [6.07, 6.45) is 0.561. The van der Waals surface area contributed by atoms with Gasteiger partial charge in [-0.25, -0.2) is 8.42 Å². The molecule has 162 valence electrons. The molecular formula is C21H34N3O4S+. The van der Waals surface area contributed by atoms with Gasteiger partial charge in [0.2, 0.25) is 0 Å². The molecule has 2 atom stereocenters. The highest BCUT2D eigenvalue weighted by atomic mass is 32.2. The SMILES string of the molecule is CCOc1ccccc1N1CC[NH+]([C@@H](C)C(=O)N(CC)[C@H]2CCS(=O)(=O)C2)CC1. The van der Waals surface area contributed by atoms with Gasteiger partial charge in [0.25, 0.3) is 5.91 Å². The number of likely N-dealkylation sites (N-methyl/N-ethyl adjacent to an activating group) is 1. The van der Waals surface area contributed by atoms with Gasteiger partial charge in [0.1, 0.15) is 5.75 Å². The van der Waals surface area contributed by atoms with Crippen molar-refractivity contribution in [1.29, 1.82) is 0 Å². The van der Waals surface area contributed by atoms with Crippen molar-refractivity contribution in [2.24, 2.45) is 0 Å². The van der Waals surface area contributed by atoms with Crippen molar-refractivity contribution in [1.82, 2.24) is 4.90 Å². The summed E-state index contributed by atoms with van der Waals surface area (Å²) in [5, 5.41) is 0. The van der Waals surface area contributed by atoms with Crippen LogP contribution in [0.25, 0.3) is 0 Å². The molecule has 2 aliphatic heterocycles. The van der Waals surface area contributed by atoms with Gasteiger partial charge in [-0.1, -0.05) is 12.1 Å². The number of nitrogens with one attached hydrogen (secondary N) is 1. The third kappa shape index (κ3) is 5.04. The van der Waals surface area contributed by atoms with Crippen molar-refractivity contribution in [2.75, 3.05) is 55.7 Å². The molecule has 1 amide bonds. The predicted octanol–water partition coefficient (Wildman–Crippen LogP) is 0.214. The van der Waals surface area contributed by atoms with Crippen LogP contribution >= 0.6 is 0 Å². The van der Waals surface area contributed by atoms with E-state index in [4.69, 9.17) is 4.74 Å². The largest absolute Gasteiger partial charge is 0.492 e. The van der Waals surface area contributed by atoms with E-state index in [1.165, 1.54) is 4.90 Å². The molecule has 7 nitrogen and oxygen atoms in total. The van der Waals surface area contributed by atoms with E-state index in [1.807, 2.05) is 39.0 Å². The topological polar surface area (TPSA) is 71.4 Å². The standard InChI is InChI=1S/C21H33N3O4S/c1-4-24(18-10-15-29(26,27)16-18)21(25)17(3)22-11-13-23(14-12-22)19-8-6-7-9-20(19)28-5-2/h6-9,17-18H,4-5,10-16H2,1-3H3/p+1/t17-,18-/m0/s1. The Morgan fingerprint density at radius 3 is 2.55 bits per heavy atom. The van der Waals surface area contributed by atoms with Gasteiger partial charge in [-0.05, 0) is 39.3 Å². The fourth-order valence-electron chi connectivity index (χ4n) is 4.50. The highest BCUT2D eigenvalue weighted by molar-refractivity contribution is 7.91. The Hall–Kier alpha value is -1.80. The number of para-hydroxylation sites is 2. The molecule has 2 heterocycles. The van der Waals surface area contributed by atoms with Gasteiger partial charge in [0.15, 0.2) is 15.9 Å². The molecule has 0 aliphatic carbocycles. The first-order valence-corrected chi connectivity index (χ1v) is 12.5. The van der Waals surface area contributed by atoms with Gasteiger partial charge in [-0.3, -0.25) is 4.79 Å². The van der Waals surface area contributed by atoms with Crippen LogP contribution in [-0.2, 0) is 14.6 Å². The van der Waals surface area contributed by atoms with Crippen molar-refractivity contribution >= 4 is 21.4 Å². The summed E-state index contributed by atoms with van der Waals surface area (Å²) in [6.45, 7) is 10.6. The van der Waals surface area contributed by atoms with Crippen LogP contribution in [0.5, 0.6) is 5.75 Å². The lowest BCUT2D eigenvalue weighted by Gasteiger charge is -2.38. The first-order chi connectivity index (χ1) is 13.9. The molecule has 1 aromatic carbocycles. The van der Waals surface area contributed by atoms with Gasteiger partial charge < -0.3 is 19.4 Å². The maximum atomic E-state index is 13.1. The number of hydrogen-bond donors (Lipinski definition) is 1. The lowest BCUT2D eigenvalue weighted by Crippen LogP contribution is -3.19. The van der Waals surface area contributed by atoms with Crippen LogP contribution < -0.4 is 14.5 Å². The smallest absolute Gasteiger partial charge is 0.280 e. The minimum Gasteiger partial charge on any atom is -0.492 e. The second-order valence-electron chi connectivity index (χ2n) is 7.95. The van der Waals surface area contributed by atoms with Crippen molar-refractivity contribution in [3.05, 3.63) is 24.3 Å². The number of carbonyl (C=O) groups is 1. The number of piperazine rings is 1. The van der Waals surface area contributed by atoms with Gasteiger partial charge in [-0.2, -0.15) is 0 Å². The molecule has 2 saturated heterocycles. The van der Waals surface area contributed by atoms with Crippen molar-refractivity contribution in [2.45, 2.75) is 39.3 Å². The lowest BCUT2D eigenvalue weighted by molar-refractivity contribution is -0.915. The summed E-state index contributed by atoms with van der Waals surface area (Å²) in [4.78, 5) is 18.5. The number of quaternary nitrogens is 1. The van der Waals surface area contributed by atoms with Gasteiger partial charge in [0.05, 0.1) is 50.0 Å². The van der Waals surface area contributed by atoms with Crippen LogP contribution in [-0.4, -0.2) is 82.1 Å². The highest BCUT2D eigenvalue weighted by Crippen LogP contribution is 2.27. The summed E-state index contributed by atoms with van der Waals surface area (Å²) >= 11 is 0. The number of amides is 1. The van der Waals surface area contributed by atoms with E-state index in [0.29, 0.717) is 19.6 Å². The van der Waals surface area contributed by atoms with Crippen molar-refractivity contribution < 1.29 is 22.8 Å². The fraction of sp³-hybridized carbons (Fsp3) is 0.667. The molecule has 1 N–H and O–H groups in total. The molecule has 2 aliphatic rings. The second kappa shape index (κ2) is 9.34. The highest BCUT2D eigenvalue weighted by Gasteiger charge is 2.38. The van der Waals surface area contributed by atoms with E-state index in [2.05, 4.69) is 11.0 Å². The first-order valence-electron chi connectivity index (χ1n) is 10.7. The summed E-state index contributed by atoms with van der Waals surface area (Å²) < 4.78 is 29.4. The Bertz CT molecular complexity index is 806. The molecule has 0 bridgehead atoms. The fourth-order valence-corrected chi connectivity index (χ4v) is 6.23. The molecular weight excluding hydrogens is 390 g/mol. The van der Waals surface area contributed by atoms with E-state index in [0.717, 1.165) is 37.6 Å². The van der Waals surface area contributed by atoms with Crippen LogP contribution in [0.3, 0.4) is 0 Å². The number of ether oxygens (including phenoxy) is 1. The molecule has 29 heavy (non-hydrogen) atoms. The maximum absolute atomic E-state index is 13.1. The minimum absolute atomic E-state index is 0.0766. The molecule has 0 spiro atoms. The number of rotatable bonds is 7. The molecule has 1 aromatic rings. The number of nitrogens with zero attached hydrogens (tertiary/aromatic N) is 2. The molecule has 3 rings (SSSR count). The van der Waals surface area contributed by atoms with Crippen LogP contribution in [0.4, 0.5) is 5.69 Å². The van der Waals surface area contributed by atoms with Crippen molar-refractivity contribution in [3.63, 3.8) is 0 Å². The van der Waals surface area contributed by atoms with Gasteiger partial charge in [0, 0.05) is 12.6 Å². The molecule has 0 aromatic heterocycles. The summed E-state index contributed by atoms with van der Waals surface area (Å²) in [5.41, 5.74) is 1.11. The summed E-state index contributed by atoms with van der Waals surface area (Å²) in [5.74, 6) is 1.28. The first kappa shape index (κ1) is 21.9. The number of sulfone groups is 1. The Morgan fingerprint density at radius 2 is 1.97 bits per heavy atom. The van der Waals surface area contributed by atoms with Crippen LogP contribution in [0.2, 0.25) is 0 Å². The lowest BCUT2D eigenvalue weighted by atomic mass is 10.1. The minimum atomic E-state index is -3.00. The van der Waals surface area contributed by atoms with E-state index in [9.17, 15) is 13.2 Å². The van der Waals surface area contributed by atoms with Crippen LogP contribution in [0.1, 0.15) is 27.2 Å². The number of hydrogen-bond acceptors (Lipinski definition) is 5. The molecule has 2 fully saturated rings. The normalized spacial score (nSPS) is 23.0. The third-order valence-electron chi connectivity index (χ3n) is 6.17. The van der Waals surface area contributed by atoms with E-state index in [-0.39, 0.29) is 29.5 Å². The molecule has 0 saturated carbocycles. The van der Waals surface area contributed by atoms with Crippen LogP contribution in [0.15, 0.2) is 24.3 Å². The average Bonchev–Trinajstić information content (AvgIpc) is 3.08. The van der Waals surface area contributed by atoms with Gasteiger partial charge in [-0.15, -0.1) is 0 Å². The summed E-state index contributed by atoms with van der Waals surface area (Å²) in [7, 11) is -3.00. The molecule has 0 unspecified atom stereocenters. The quantitative estimate of drug-likeness (QED) is 0.678. The molecule has 8 heteroatoms. The van der Waals surface area contributed by atoms with Gasteiger partial charge >= 0.3 is 0 Å². The average molecular weight is 425 g/mol. The zero-order valence-corrected chi connectivity index (χ0v) is 18.6. The Labute approximate surface area is 174 Å². The Morgan fingerprint density at radius 1 is 1.28 bits per heavy atom. The third-order valence-corrected chi connectivity index (χ3v) is 7.92. The number of benzene rings is 1. The zero-order valence-electron chi connectivity index (χ0n) is 17.8. The zero-order chi connectivity index (χ0) is 21.0. The van der Waals surface area contributed by atoms with Crippen LogP contribution in [0, 0.1) is 0 Å². The Kier molecular flexibility index (Phi) is 7.05. The molecule has 0 radical (unpaired) electrons. The van der Waals surface area contributed by atoms with E-state index in [1.54, 1.807) is 4.90 Å². The van der Waals surface area contributed by atoms with E-state index < -0.39 is 9.84 Å². The monoisotopic (exact) mass is 424 g/mol. The second-order valence-corrected chi connectivity index (χ2v) is 10.2. The van der Waals surface area contributed by atoms with Crippen molar-refractivity contribution in [3.8, 4) is 5.75 Å².